The van der Waals surface area contributed by atoms with Crippen LogP contribution in [0.15, 0.2) is 57.8 Å². The zero-order valence-electron chi connectivity index (χ0n) is 14.5. The number of hydrogen-bond acceptors (Lipinski definition) is 3. The molecule has 23 heavy (non-hydrogen) atoms. The van der Waals surface area contributed by atoms with E-state index in [1.807, 2.05) is 12.1 Å². The number of rotatable bonds is 4. The van der Waals surface area contributed by atoms with Gasteiger partial charge in [-0.2, -0.15) is 0 Å². The summed E-state index contributed by atoms with van der Waals surface area (Å²) in [4.78, 5) is 2.28. The molecule has 1 N–H and O–H groups in total. The van der Waals surface area contributed by atoms with Gasteiger partial charge in [0.05, 0.1) is 6.04 Å². The van der Waals surface area contributed by atoms with E-state index < -0.39 is 0 Å². The van der Waals surface area contributed by atoms with E-state index in [-0.39, 0.29) is 6.04 Å². The Morgan fingerprint density at radius 3 is 2.91 bits per heavy atom. The van der Waals surface area contributed by atoms with Gasteiger partial charge in [0.2, 0.25) is 0 Å². The topological polar surface area (TPSA) is 28.4 Å². The first-order valence-electron chi connectivity index (χ1n) is 8.41. The summed E-state index contributed by atoms with van der Waals surface area (Å²) in [6, 6.07) is 10.5. The summed E-state index contributed by atoms with van der Waals surface area (Å²) in [5, 5.41) is 4.77. The standard InChI is InChI=1S/C20H26N2O/c1-5-14(2)13-22(4)17-10-11-21-20(15(17)3)19-12-16-8-6-7-9-18(16)23-19/h6-9,12-13,20-21H,5,10-11H2,1-4H3. The quantitative estimate of drug-likeness (QED) is 0.862. The lowest BCUT2D eigenvalue weighted by Gasteiger charge is -2.31. The van der Waals surface area contributed by atoms with E-state index in [0.717, 1.165) is 30.7 Å². The molecule has 1 atom stereocenters. The predicted octanol–water partition coefficient (Wildman–Crippen LogP) is 4.99. The molecule has 1 aromatic heterocycles. The van der Waals surface area contributed by atoms with Gasteiger partial charge in [-0.15, -0.1) is 0 Å². The van der Waals surface area contributed by atoms with E-state index in [9.17, 15) is 0 Å². The third kappa shape index (κ3) is 3.20. The number of nitrogens with zero attached hydrogens (tertiary/aromatic N) is 1. The second-order valence-electron chi connectivity index (χ2n) is 6.39. The van der Waals surface area contributed by atoms with Crippen LogP contribution in [0.25, 0.3) is 11.0 Å². The summed E-state index contributed by atoms with van der Waals surface area (Å²) in [6.45, 7) is 7.56. The molecule has 3 rings (SSSR count). The van der Waals surface area contributed by atoms with E-state index in [1.165, 1.54) is 22.2 Å². The van der Waals surface area contributed by atoms with Crippen molar-refractivity contribution in [3.63, 3.8) is 0 Å². The van der Waals surface area contributed by atoms with Crippen LogP contribution in [0.1, 0.15) is 45.4 Å². The Labute approximate surface area is 138 Å². The number of hydrogen-bond donors (Lipinski definition) is 1. The van der Waals surface area contributed by atoms with E-state index in [1.54, 1.807) is 0 Å². The largest absolute Gasteiger partial charge is 0.459 e. The lowest BCUT2D eigenvalue weighted by molar-refractivity contribution is 0.411. The highest BCUT2D eigenvalue weighted by Crippen LogP contribution is 2.33. The minimum Gasteiger partial charge on any atom is -0.459 e. The zero-order chi connectivity index (χ0) is 16.4. The molecule has 0 saturated carbocycles. The molecule has 2 aromatic rings. The van der Waals surface area contributed by atoms with Crippen molar-refractivity contribution in [1.29, 1.82) is 0 Å². The average molecular weight is 310 g/mol. The molecule has 1 aliphatic heterocycles. The van der Waals surface area contributed by atoms with Crippen molar-refractivity contribution in [2.75, 3.05) is 13.6 Å². The summed E-state index contributed by atoms with van der Waals surface area (Å²) >= 11 is 0. The maximum Gasteiger partial charge on any atom is 0.134 e. The summed E-state index contributed by atoms with van der Waals surface area (Å²) in [5.41, 5.74) is 5.09. The van der Waals surface area contributed by atoms with Gasteiger partial charge in [0, 0.05) is 37.3 Å². The summed E-state index contributed by atoms with van der Waals surface area (Å²) < 4.78 is 6.08. The Morgan fingerprint density at radius 2 is 2.17 bits per heavy atom. The van der Waals surface area contributed by atoms with Gasteiger partial charge in [0.15, 0.2) is 0 Å². The van der Waals surface area contributed by atoms with Crippen molar-refractivity contribution in [2.24, 2.45) is 0 Å². The highest BCUT2D eigenvalue weighted by Gasteiger charge is 2.25. The van der Waals surface area contributed by atoms with Gasteiger partial charge in [0.1, 0.15) is 11.3 Å². The number of furan rings is 1. The van der Waals surface area contributed by atoms with Crippen molar-refractivity contribution < 1.29 is 4.42 Å². The molecule has 122 valence electrons. The van der Waals surface area contributed by atoms with Crippen LogP contribution in [0.4, 0.5) is 0 Å². The SMILES string of the molecule is CCC(C)=CN(C)C1=C(C)C(c2cc3ccccc3o2)NCC1. The maximum absolute atomic E-state index is 6.08. The molecule has 1 unspecified atom stereocenters. The molecule has 0 bridgehead atoms. The predicted molar refractivity (Wildman–Crippen MR) is 96.1 cm³/mol. The Bertz CT molecular complexity index is 721. The summed E-state index contributed by atoms with van der Waals surface area (Å²) in [5.74, 6) is 1.01. The van der Waals surface area contributed by atoms with Gasteiger partial charge in [-0.3, -0.25) is 0 Å². The van der Waals surface area contributed by atoms with Crippen molar-refractivity contribution >= 4 is 11.0 Å². The third-order valence-corrected chi connectivity index (χ3v) is 4.73. The highest BCUT2D eigenvalue weighted by atomic mass is 16.3. The monoisotopic (exact) mass is 310 g/mol. The van der Waals surface area contributed by atoms with Gasteiger partial charge < -0.3 is 14.6 Å². The Kier molecular flexibility index (Phi) is 4.58. The molecule has 3 nitrogen and oxygen atoms in total. The Morgan fingerprint density at radius 1 is 1.39 bits per heavy atom. The second-order valence-corrected chi connectivity index (χ2v) is 6.39. The van der Waals surface area contributed by atoms with Crippen molar-refractivity contribution in [2.45, 2.75) is 39.7 Å². The van der Waals surface area contributed by atoms with Gasteiger partial charge in [-0.1, -0.05) is 30.7 Å². The summed E-state index contributed by atoms with van der Waals surface area (Å²) in [6.07, 6.45) is 4.38. The Hall–Kier alpha value is -2.00. The molecule has 1 aromatic carbocycles. The van der Waals surface area contributed by atoms with Crippen LogP contribution in [-0.2, 0) is 0 Å². The smallest absolute Gasteiger partial charge is 0.134 e. The van der Waals surface area contributed by atoms with Crippen molar-refractivity contribution in [1.82, 2.24) is 10.2 Å². The molecule has 3 heteroatoms. The number of fused-ring (bicyclic) bond motifs is 1. The van der Waals surface area contributed by atoms with E-state index in [4.69, 9.17) is 4.42 Å². The van der Waals surface area contributed by atoms with Crippen LogP contribution in [0.3, 0.4) is 0 Å². The molecule has 2 heterocycles. The molecule has 0 saturated heterocycles. The van der Waals surface area contributed by atoms with Gasteiger partial charge in [-0.25, -0.2) is 0 Å². The molecule has 0 spiro atoms. The molecule has 1 aliphatic rings. The van der Waals surface area contributed by atoms with Gasteiger partial charge >= 0.3 is 0 Å². The minimum absolute atomic E-state index is 0.156. The molecule has 0 fully saturated rings. The molecule has 0 aliphatic carbocycles. The van der Waals surface area contributed by atoms with E-state index in [2.05, 4.69) is 62.4 Å². The van der Waals surface area contributed by atoms with Crippen LogP contribution >= 0.6 is 0 Å². The fourth-order valence-electron chi connectivity index (χ4n) is 3.26. The minimum atomic E-state index is 0.156. The van der Waals surface area contributed by atoms with Crippen LogP contribution in [-0.4, -0.2) is 18.5 Å². The fourth-order valence-corrected chi connectivity index (χ4v) is 3.26. The second kappa shape index (κ2) is 6.63. The van der Waals surface area contributed by atoms with E-state index in [0.29, 0.717) is 0 Å². The molecule has 0 amide bonds. The number of allylic oxidation sites excluding steroid dienone is 1. The maximum atomic E-state index is 6.08. The summed E-state index contributed by atoms with van der Waals surface area (Å²) in [7, 11) is 2.15. The van der Waals surface area contributed by atoms with Crippen LogP contribution in [0.2, 0.25) is 0 Å². The van der Waals surface area contributed by atoms with Crippen LogP contribution < -0.4 is 5.32 Å². The lowest BCUT2D eigenvalue weighted by Crippen LogP contribution is -2.32. The first kappa shape index (κ1) is 15.9. The normalized spacial score (nSPS) is 19.5. The van der Waals surface area contributed by atoms with Crippen LogP contribution in [0.5, 0.6) is 0 Å². The molecule has 0 radical (unpaired) electrons. The lowest BCUT2D eigenvalue weighted by atomic mass is 9.97. The van der Waals surface area contributed by atoms with Crippen molar-refractivity contribution in [3.8, 4) is 0 Å². The van der Waals surface area contributed by atoms with Crippen LogP contribution in [0, 0.1) is 0 Å². The fraction of sp³-hybridized carbons (Fsp3) is 0.400. The molecular formula is C20H26N2O. The number of para-hydroxylation sites is 1. The Balaban J connectivity index is 1.94. The van der Waals surface area contributed by atoms with E-state index >= 15 is 0 Å². The van der Waals surface area contributed by atoms with Crippen molar-refractivity contribution in [3.05, 3.63) is 59.1 Å². The highest BCUT2D eigenvalue weighted by molar-refractivity contribution is 5.78. The number of benzene rings is 1. The first-order chi connectivity index (χ1) is 11.1. The zero-order valence-corrected chi connectivity index (χ0v) is 14.5. The molecular weight excluding hydrogens is 284 g/mol. The number of nitrogens with one attached hydrogen (secondary N) is 1. The van der Waals surface area contributed by atoms with Gasteiger partial charge in [0.25, 0.3) is 0 Å². The average Bonchev–Trinajstić information content (AvgIpc) is 2.98. The first-order valence-corrected chi connectivity index (χ1v) is 8.41. The van der Waals surface area contributed by atoms with Gasteiger partial charge in [-0.05, 0) is 38.0 Å². The third-order valence-electron chi connectivity index (χ3n) is 4.73.